The molecule has 1 aliphatic heterocycles. The van der Waals surface area contributed by atoms with Crippen LogP contribution in [-0.2, 0) is 16.6 Å². The van der Waals surface area contributed by atoms with E-state index in [0.717, 1.165) is 25.0 Å². The Kier molecular flexibility index (Phi) is 2.58. The minimum atomic E-state index is 0.0109. The van der Waals surface area contributed by atoms with Gasteiger partial charge in [0.05, 0.1) is 7.11 Å². The smallest absolute Gasteiger partial charge is 0.221 e. The van der Waals surface area contributed by atoms with Gasteiger partial charge in [-0.3, -0.25) is 4.79 Å². The maximum atomic E-state index is 11.7. The van der Waals surface area contributed by atoms with Gasteiger partial charge in [0.15, 0.2) is 0 Å². The summed E-state index contributed by atoms with van der Waals surface area (Å²) < 4.78 is 5.30. The molecular formula is C15H19NO2. The lowest BCUT2D eigenvalue weighted by Gasteiger charge is -2.38. The molecule has 0 aromatic heterocycles. The third kappa shape index (κ3) is 1.53. The first-order valence-corrected chi connectivity index (χ1v) is 6.62. The van der Waals surface area contributed by atoms with Gasteiger partial charge in [-0.1, -0.05) is 6.07 Å². The van der Waals surface area contributed by atoms with Gasteiger partial charge in [0.25, 0.3) is 0 Å². The number of carbonyl (C=O) groups is 1. The Labute approximate surface area is 108 Å². The van der Waals surface area contributed by atoms with Gasteiger partial charge in [-0.15, -0.1) is 0 Å². The summed E-state index contributed by atoms with van der Waals surface area (Å²) in [6.45, 7) is 2.13. The lowest BCUT2D eigenvalue weighted by atomic mass is 9.66. The lowest BCUT2D eigenvalue weighted by molar-refractivity contribution is -0.119. The van der Waals surface area contributed by atoms with Gasteiger partial charge in [0.2, 0.25) is 5.91 Å². The number of carbonyl (C=O) groups excluding carboxylic acids is 1. The molecule has 0 radical (unpaired) electrons. The number of hydrogen-bond acceptors (Lipinski definition) is 2. The van der Waals surface area contributed by atoms with Gasteiger partial charge in [-0.2, -0.15) is 0 Å². The van der Waals surface area contributed by atoms with Crippen LogP contribution in [0.5, 0.6) is 5.75 Å². The average Bonchev–Trinajstić information content (AvgIpc) is 2.64. The second kappa shape index (κ2) is 4.01. The Bertz CT molecular complexity index is 497. The highest BCUT2D eigenvalue weighted by Gasteiger charge is 2.47. The monoisotopic (exact) mass is 245 g/mol. The zero-order chi connectivity index (χ0) is 12.8. The van der Waals surface area contributed by atoms with Crippen molar-refractivity contribution in [3.05, 3.63) is 29.3 Å². The van der Waals surface area contributed by atoms with E-state index in [2.05, 4.69) is 24.4 Å². The number of benzene rings is 1. The second-order valence-corrected chi connectivity index (χ2v) is 5.50. The Hall–Kier alpha value is -1.51. The maximum absolute atomic E-state index is 11.7. The zero-order valence-corrected chi connectivity index (χ0v) is 11.0. The fraction of sp³-hybridized carbons (Fsp3) is 0.533. The van der Waals surface area contributed by atoms with Crippen molar-refractivity contribution in [2.75, 3.05) is 7.11 Å². The van der Waals surface area contributed by atoms with Gasteiger partial charge in [-0.25, -0.2) is 0 Å². The summed E-state index contributed by atoms with van der Waals surface area (Å²) in [6.07, 6.45) is 3.98. The number of nitrogens with one attached hydrogen (secondary N) is 1. The molecule has 96 valence electrons. The molecule has 1 aromatic carbocycles. The van der Waals surface area contributed by atoms with Crippen LogP contribution in [0, 0.1) is 0 Å². The molecule has 18 heavy (non-hydrogen) atoms. The predicted octanol–water partition coefficient (Wildman–Crippen LogP) is 2.18. The molecule has 1 amide bonds. The molecule has 0 saturated carbocycles. The quantitative estimate of drug-likeness (QED) is 0.823. The number of ether oxygens (including phenoxy) is 1. The van der Waals surface area contributed by atoms with E-state index < -0.39 is 0 Å². The maximum Gasteiger partial charge on any atom is 0.221 e. The van der Waals surface area contributed by atoms with E-state index in [-0.39, 0.29) is 17.4 Å². The molecule has 3 nitrogen and oxygen atoms in total. The predicted molar refractivity (Wildman–Crippen MR) is 69.8 cm³/mol. The Morgan fingerprint density at radius 1 is 1.44 bits per heavy atom. The third-order valence-corrected chi connectivity index (χ3v) is 4.60. The van der Waals surface area contributed by atoms with Crippen molar-refractivity contribution in [3.8, 4) is 5.75 Å². The van der Waals surface area contributed by atoms with Gasteiger partial charge < -0.3 is 10.1 Å². The SMILES string of the molecule is COc1ccc2c(c1)CCCC21CC(=O)NC1C. The highest BCUT2D eigenvalue weighted by molar-refractivity contribution is 5.81. The van der Waals surface area contributed by atoms with E-state index in [1.807, 2.05) is 6.07 Å². The molecule has 1 aromatic rings. The summed E-state index contributed by atoms with van der Waals surface area (Å²) >= 11 is 0. The summed E-state index contributed by atoms with van der Waals surface area (Å²) in [5, 5.41) is 3.08. The van der Waals surface area contributed by atoms with Gasteiger partial charge in [0.1, 0.15) is 5.75 Å². The van der Waals surface area contributed by atoms with Gasteiger partial charge in [0, 0.05) is 17.9 Å². The average molecular weight is 245 g/mol. The van der Waals surface area contributed by atoms with Crippen LogP contribution in [0.3, 0.4) is 0 Å². The standard InChI is InChI=1S/C15H19NO2/c1-10-15(9-14(17)16-10)7-3-4-11-8-12(18-2)5-6-13(11)15/h5-6,8,10H,3-4,7,9H2,1-2H3,(H,16,17). The zero-order valence-electron chi connectivity index (χ0n) is 11.0. The normalized spacial score (nSPS) is 30.1. The molecule has 2 aliphatic rings. The summed E-state index contributed by atoms with van der Waals surface area (Å²) in [5.41, 5.74) is 2.71. The van der Waals surface area contributed by atoms with E-state index in [4.69, 9.17) is 4.74 Å². The van der Waals surface area contributed by atoms with E-state index >= 15 is 0 Å². The minimum Gasteiger partial charge on any atom is -0.497 e. The van der Waals surface area contributed by atoms with Crippen LogP contribution in [-0.4, -0.2) is 19.1 Å². The largest absolute Gasteiger partial charge is 0.497 e. The van der Waals surface area contributed by atoms with Crippen molar-refractivity contribution < 1.29 is 9.53 Å². The van der Waals surface area contributed by atoms with Crippen molar-refractivity contribution in [2.24, 2.45) is 0 Å². The molecule has 1 N–H and O–H groups in total. The van der Waals surface area contributed by atoms with Crippen LogP contribution in [0.2, 0.25) is 0 Å². The van der Waals surface area contributed by atoms with Crippen molar-refractivity contribution in [3.63, 3.8) is 0 Å². The molecule has 3 heteroatoms. The number of methoxy groups -OCH3 is 1. The first kappa shape index (κ1) is 11.6. The fourth-order valence-electron chi connectivity index (χ4n) is 3.62. The summed E-state index contributed by atoms with van der Waals surface area (Å²) in [6, 6.07) is 6.54. The highest BCUT2D eigenvalue weighted by atomic mass is 16.5. The number of fused-ring (bicyclic) bond motifs is 2. The highest BCUT2D eigenvalue weighted by Crippen LogP contribution is 2.46. The molecule has 2 unspecified atom stereocenters. The number of amides is 1. The molecule has 1 spiro atoms. The van der Waals surface area contributed by atoms with E-state index in [1.165, 1.54) is 11.1 Å². The van der Waals surface area contributed by atoms with Crippen LogP contribution < -0.4 is 10.1 Å². The van der Waals surface area contributed by atoms with Crippen LogP contribution in [0.4, 0.5) is 0 Å². The molecule has 1 heterocycles. The Morgan fingerprint density at radius 3 is 2.94 bits per heavy atom. The molecule has 1 fully saturated rings. The van der Waals surface area contributed by atoms with Gasteiger partial charge in [-0.05, 0) is 49.4 Å². The molecular weight excluding hydrogens is 226 g/mol. The van der Waals surface area contributed by atoms with Crippen molar-refractivity contribution >= 4 is 5.91 Å². The fourth-order valence-corrected chi connectivity index (χ4v) is 3.62. The Balaban J connectivity index is 2.09. The first-order chi connectivity index (χ1) is 8.65. The number of aryl methyl sites for hydroxylation is 1. The van der Waals surface area contributed by atoms with E-state index in [0.29, 0.717) is 6.42 Å². The van der Waals surface area contributed by atoms with Gasteiger partial charge >= 0.3 is 0 Å². The topological polar surface area (TPSA) is 38.3 Å². The first-order valence-electron chi connectivity index (χ1n) is 6.62. The lowest BCUT2D eigenvalue weighted by Crippen LogP contribution is -2.40. The summed E-state index contributed by atoms with van der Waals surface area (Å²) in [7, 11) is 1.70. The molecule has 0 bridgehead atoms. The number of hydrogen-bond donors (Lipinski definition) is 1. The molecule has 2 atom stereocenters. The van der Waals surface area contributed by atoms with Crippen LogP contribution in [0.1, 0.15) is 37.3 Å². The Morgan fingerprint density at radius 2 is 2.28 bits per heavy atom. The minimum absolute atomic E-state index is 0.0109. The van der Waals surface area contributed by atoms with Crippen LogP contribution in [0.15, 0.2) is 18.2 Å². The van der Waals surface area contributed by atoms with Crippen molar-refractivity contribution in [1.29, 1.82) is 0 Å². The van der Waals surface area contributed by atoms with Crippen molar-refractivity contribution in [2.45, 2.75) is 44.1 Å². The van der Waals surface area contributed by atoms with Crippen LogP contribution in [0.25, 0.3) is 0 Å². The summed E-state index contributed by atoms with van der Waals surface area (Å²) in [5.74, 6) is 1.10. The van der Waals surface area contributed by atoms with Crippen molar-refractivity contribution in [1.82, 2.24) is 5.32 Å². The molecule has 1 aliphatic carbocycles. The molecule has 1 saturated heterocycles. The number of rotatable bonds is 1. The van der Waals surface area contributed by atoms with E-state index in [9.17, 15) is 4.79 Å². The third-order valence-electron chi connectivity index (χ3n) is 4.60. The second-order valence-electron chi connectivity index (χ2n) is 5.50. The van der Waals surface area contributed by atoms with E-state index in [1.54, 1.807) is 7.11 Å². The molecule has 3 rings (SSSR count). The van der Waals surface area contributed by atoms with Crippen LogP contribution >= 0.6 is 0 Å². The summed E-state index contributed by atoms with van der Waals surface area (Å²) in [4.78, 5) is 11.7.